The van der Waals surface area contributed by atoms with Gasteiger partial charge in [-0.3, -0.25) is 14.5 Å². The summed E-state index contributed by atoms with van der Waals surface area (Å²) in [5.41, 5.74) is 5.68. The van der Waals surface area contributed by atoms with Crippen LogP contribution < -0.4 is 4.90 Å². The molecule has 3 aromatic rings. The molecule has 3 aromatic carbocycles. The normalized spacial score (nSPS) is 15.8. The van der Waals surface area contributed by atoms with Crippen LogP contribution in [-0.2, 0) is 22.6 Å². The van der Waals surface area contributed by atoms with Crippen molar-refractivity contribution in [2.75, 3.05) is 11.4 Å². The number of carbonyl (C=O) groups is 2. The van der Waals surface area contributed by atoms with Gasteiger partial charge >= 0.3 is 0 Å². The second kappa shape index (κ2) is 7.71. The highest BCUT2D eigenvalue weighted by Gasteiger charge is 2.43. The predicted molar refractivity (Wildman–Crippen MR) is 123 cm³/mol. The molecular formula is C26H21ClN2O2. The van der Waals surface area contributed by atoms with Crippen LogP contribution in [0.25, 0.3) is 5.57 Å². The molecule has 0 bridgehead atoms. The fraction of sp³-hybridized carbons (Fsp3) is 0.154. The van der Waals surface area contributed by atoms with Gasteiger partial charge in [-0.15, -0.1) is 0 Å². The Morgan fingerprint density at radius 2 is 1.58 bits per heavy atom. The number of fused-ring (bicyclic) bond motifs is 1. The Bertz CT molecular complexity index is 1230. The van der Waals surface area contributed by atoms with Crippen molar-refractivity contribution in [3.8, 4) is 0 Å². The third kappa shape index (κ3) is 3.33. The van der Waals surface area contributed by atoms with E-state index in [0.29, 0.717) is 22.8 Å². The zero-order valence-electron chi connectivity index (χ0n) is 17.1. The van der Waals surface area contributed by atoms with Gasteiger partial charge in [0.15, 0.2) is 0 Å². The van der Waals surface area contributed by atoms with E-state index in [2.05, 4.69) is 6.07 Å². The van der Waals surface area contributed by atoms with Crippen LogP contribution in [0.2, 0.25) is 5.02 Å². The van der Waals surface area contributed by atoms with E-state index in [9.17, 15) is 9.59 Å². The molecule has 2 heterocycles. The molecule has 0 N–H and O–H groups in total. The summed E-state index contributed by atoms with van der Waals surface area (Å²) < 4.78 is 0. The Hall–Kier alpha value is -3.37. The van der Waals surface area contributed by atoms with E-state index in [4.69, 9.17) is 11.6 Å². The summed E-state index contributed by atoms with van der Waals surface area (Å²) in [6.45, 7) is 2.82. The van der Waals surface area contributed by atoms with Gasteiger partial charge in [-0.25, -0.2) is 0 Å². The Kier molecular flexibility index (Phi) is 4.87. The monoisotopic (exact) mass is 428 g/mol. The van der Waals surface area contributed by atoms with Crippen molar-refractivity contribution in [3.63, 3.8) is 0 Å². The van der Waals surface area contributed by atoms with E-state index in [0.717, 1.165) is 28.8 Å². The Morgan fingerprint density at radius 3 is 2.35 bits per heavy atom. The Labute approximate surface area is 186 Å². The van der Waals surface area contributed by atoms with Gasteiger partial charge in [-0.05, 0) is 42.2 Å². The van der Waals surface area contributed by atoms with Gasteiger partial charge in [-0.2, -0.15) is 0 Å². The molecule has 5 rings (SSSR count). The lowest BCUT2D eigenvalue weighted by molar-refractivity contribution is -0.137. The van der Waals surface area contributed by atoms with Crippen LogP contribution in [0, 0.1) is 6.92 Å². The summed E-state index contributed by atoms with van der Waals surface area (Å²) in [5.74, 6) is -0.564. The minimum Gasteiger partial charge on any atom is -0.336 e. The minimum atomic E-state index is -0.284. The fourth-order valence-electron chi connectivity index (χ4n) is 4.31. The van der Waals surface area contributed by atoms with Gasteiger partial charge in [0, 0.05) is 17.3 Å². The molecule has 0 spiro atoms. The van der Waals surface area contributed by atoms with E-state index in [1.165, 1.54) is 10.5 Å². The van der Waals surface area contributed by atoms with E-state index in [1.807, 2.05) is 72.5 Å². The number of hydrogen-bond acceptors (Lipinski definition) is 3. The molecule has 0 unspecified atom stereocenters. The van der Waals surface area contributed by atoms with E-state index < -0.39 is 0 Å². The van der Waals surface area contributed by atoms with E-state index in [-0.39, 0.29) is 18.4 Å². The maximum Gasteiger partial charge on any atom is 0.278 e. The lowest BCUT2D eigenvalue weighted by Crippen LogP contribution is -2.34. The summed E-state index contributed by atoms with van der Waals surface area (Å²) in [5, 5.41) is 0.542. The van der Waals surface area contributed by atoms with Gasteiger partial charge in [0.2, 0.25) is 0 Å². The van der Waals surface area contributed by atoms with Crippen molar-refractivity contribution in [2.24, 2.45) is 0 Å². The number of amides is 2. The number of aryl methyl sites for hydroxylation is 1. The number of rotatable bonds is 4. The Morgan fingerprint density at radius 1 is 0.871 bits per heavy atom. The molecule has 0 radical (unpaired) electrons. The zero-order chi connectivity index (χ0) is 21.5. The number of halogens is 1. The van der Waals surface area contributed by atoms with Crippen LogP contribution in [0.15, 0.2) is 78.5 Å². The highest BCUT2D eigenvalue weighted by atomic mass is 35.5. The molecule has 2 aliphatic rings. The molecule has 154 valence electrons. The lowest BCUT2D eigenvalue weighted by Gasteiger charge is -2.22. The topological polar surface area (TPSA) is 40.6 Å². The molecular weight excluding hydrogens is 408 g/mol. The van der Waals surface area contributed by atoms with Crippen molar-refractivity contribution in [1.29, 1.82) is 0 Å². The molecule has 0 atom stereocenters. The van der Waals surface area contributed by atoms with Crippen LogP contribution in [0.3, 0.4) is 0 Å². The quantitative estimate of drug-likeness (QED) is 0.549. The smallest absolute Gasteiger partial charge is 0.278 e. The second-order valence-corrected chi connectivity index (χ2v) is 8.32. The molecule has 0 saturated carbocycles. The molecule has 2 amide bonds. The number of carbonyl (C=O) groups excluding carboxylic acids is 2. The number of para-hydroxylation sites is 1. The van der Waals surface area contributed by atoms with E-state index >= 15 is 0 Å². The highest BCUT2D eigenvalue weighted by Crippen LogP contribution is 2.39. The molecule has 2 aliphatic heterocycles. The highest BCUT2D eigenvalue weighted by molar-refractivity contribution is 6.37. The molecule has 0 aliphatic carbocycles. The van der Waals surface area contributed by atoms with Crippen LogP contribution in [0.4, 0.5) is 5.69 Å². The first kappa shape index (κ1) is 19.6. The molecule has 0 aromatic heterocycles. The van der Waals surface area contributed by atoms with Crippen molar-refractivity contribution in [1.82, 2.24) is 4.90 Å². The molecule has 31 heavy (non-hydrogen) atoms. The summed E-state index contributed by atoms with van der Waals surface area (Å²) in [7, 11) is 0. The second-order valence-electron chi connectivity index (χ2n) is 7.91. The van der Waals surface area contributed by atoms with Gasteiger partial charge < -0.3 is 4.90 Å². The largest absolute Gasteiger partial charge is 0.336 e. The van der Waals surface area contributed by atoms with Gasteiger partial charge in [0.05, 0.1) is 12.1 Å². The molecule has 0 saturated heterocycles. The van der Waals surface area contributed by atoms with Crippen LogP contribution in [0.1, 0.15) is 22.3 Å². The predicted octanol–water partition coefficient (Wildman–Crippen LogP) is 4.99. The summed E-state index contributed by atoms with van der Waals surface area (Å²) in [4.78, 5) is 30.5. The standard InChI is InChI=1S/C26H21ClN2O2/c1-17-10-12-19(13-11-17)23-24(28-15-14-18-6-3-5-9-22(18)28)26(31)29(25(23)30)16-20-7-2-4-8-21(20)27/h2-13H,14-16H2,1H3. The van der Waals surface area contributed by atoms with Gasteiger partial charge in [0.1, 0.15) is 5.70 Å². The molecule has 5 heteroatoms. The zero-order valence-corrected chi connectivity index (χ0v) is 17.9. The summed E-state index contributed by atoms with van der Waals surface area (Å²) in [6.07, 6.45) is 0.840. The summed E-state index contributed by atoms with van der Waals surface area (Å²) in [6, 6.07) is 23.1. The first-order valence-electron chi connectivity index (χ1n) is 10.3. The first-order chi connectivity index (χ1) is 15.0. The van der Waals surface area contributed by atoms with Crippen molar-refractivity contribution in [3.05, 3.63) is 106 Å². The Balaban J connectivity index is 1.62. The van der Waals surface area contributed by atoms with Crippen molar-refractivity contribution in [2.45, 2.75) is 19.9 Å². The average molecular weight is 429 g/mol. The minimum absolute atomic E-state index is 0.145. The number of anilines is 1. The van der Waals surface area contributed by atoms with Gasteiger partial charge in [0.25, 0.3) is 11.8 Å². The van der Waals surface area contributed by atoms with Crippen LogP contribution in [0.5, 0.6) is 0 Å². The number of benzene rings is 3. The van der Waals surface area contributed by atoms with Gasteiger partial charge in [-0.1, -0.05) is 77.8 Å². The number of hydrogen-bond donors (Lipinski definition) is 0. The van der Waals surface area contributed by atoms with Crippen LogP contribution in [-0.4, -0.2) is 23.3 Å². The van der Waals surface area contributed by atoms with Crippen LogP contribution >= 0.6 is 11.6 Å². The van der Waals surface area contributed by atoms with Crippen molar-refractivity contribution < 1.29 is 9.59 Å². The molecule has 0 fully saturated rings. The fourth-order valence-corrected chi connectivity index (χ4v) is 4.50. The molecule has 4 nitrogen and oxygen atoms in total. The maximum absolute atomic E-state index is 13.6. The first-order valence-corrected chi connectivity index (χ1v) is 10.7. The number of imide groups is 1. The summed E-state index contributed by atoms with van der Waals surface area (Å²) >= 11 is 6.33. The third-order valence-electron chi connectivity index (χ3n) is 5.93. The SMILES string of the molecule is Cc1ccc(C2=C(N3CCc4ccccc43)C(=O)N(Cc3ccccc3Cl)C2=O)cc1. The van der Waals surface area contributed by atoms with Crippen molar-refractivity contribution >= 4 is 34.7 Å². The third-order valence-corrected chi connectivity index (χ3v) is 6.30. The maximum atomic E-state index is 13.6. The average Bonchev–Trinajstić information content (AvgIpc) is 3.30. The van der Waals surface area contributed by atoms with E-state index in [1.54, 1.807) is 6.07 Å². The number of nitrogens with zero attached hydrogens (tertiary/aromatic N) is 2. The lowest BCUT2D eigenvalue weighted by atomic mass is 10.0.